The maximum Gasteiger partial charge on any atom is 0.138 e. The third-order valence-corrected chi connectivity index (χ3v) is 2.71. The molecule has 0 aliphatic rings. The second-order valence-electron chi connectivity index (χ2n) is 3.31. The van der Waals surface area contributed by atoms with Crippen LogP contribution in [0.1, 0.15) is 18.6 Å². The molecule has 0 aliphatic carbocycles. The Balaban J connectivity index is 3.15. The highest BCUT2D eigenvalue weighted by Gasteiger charge is 2.18. The summed E-state index contributed by atoms with van der Waals surface area (Å²) in [5.74, 6) is 0.474. The molecule has 0 amide bonds. The largest absolute Gasteiger partial charge is 0.495 e. The molecule has 3 N–H and O–H groups in total. The van der Waals surface area contributed by atoms with Crippen LogP contribution >= 0.6 is 23.2 Å². The van der Waals surface area contributed by atoms with E-state index in [1.165, 1.54) is 7.11 Å². The van der Waals surface area contributed by atoms with Crippen LogP contribution in [0, 0.1) is 0 Å². The standard InChI is InChI=1S/C10H13Cl2NO2/c1-5(13)10(14)6-3-8(12)9(15-2)4-7(6)11/h3-5,10,14H,13H2,1-2H3. The lowest BCUT2D eigenvalue weighted by molar-refractivity contribution is 0.153. The average molecular weight is 250 g/mol. The van der Waals surface area contributed by atoms with Crippen molar-refractivity contribution in [3.8, 4) is 5.75 Å². The first kappa shape index (κ1) is 12.6. The number of hydrogen-bond donors (Lipinski definition) is 2. The number of nitrogens with two attached hydrogens (primary N) is 1. The number of aliphatic hydroxyl groups is 1. The van der Waals surface area contributed by atoms with Gasteiger partial charge in [-0.1, -0.05) is 23.2 Å². The van der Waals surface area contributed by atoms with Gasteiger partial charge in [0.25, 0.3) is 0 Å². The van der Waals surface area contributed by atoms with Gasteiger partial charge in [0, 0.05) is 17.7 Å². The SMILES string of the molecule is COc1cc(Cl)c(C(O)C(C)N)cc1Cl. The van der Waals surface area contributed by atoms with Gasteiger partial charge in [-0.2, -0.15) is 0 Å². The first-order valence-corrected chi connectivity index (χ1v) is 5.19. The number of rotatable bonds is 3. The number of ether oxygens (including phenoxy) is 1. The van der Waals surface area contributed by atoms with Gasteiger partial charge in [-0.3, -0.25) is 0 Å². The summed E-state index contributed by atoms with van der Waals surface area (Å²) >= 11 is 11.9. The maximum atomic E-state index is 9.76. The molecule has 0 spiro atoms. The minimum atomic E-state index is -0.832. The normalized spacial score (nSPS) is 14.8. The third-order valence-electron chi connectivity index (χ3n) is 2.09. The van der Waals surface area contributed by atoms with E-state index in [2.05, 4.69) is 0 Å². The Hall–Kier alpha value is -0.480. The molecule has 3 nitrogen and oxygen atoms in total. The zero-order valence-corrected chi connectivity index (χ0v) is 10.0. The quantitative estimate of drug-likeness (QED) is 0.865. The molecule has 1 aromatic rings. The Morgan fingerprint density at radius 1 is 1.33 bits per heavy atom. The molecule has 0 aliphatic heterocycles. The summed E-state index contributed by atoms with van der Waals surface area (Å²) in [5, 5.41) is 10.5. The summed E-state index contributed by atoms with van der Waals surface area (Å²) in [6, 6.07) is 2.72. The van der Waals surface area contributed by atoms with Gasteiger partial charge >= 0.3 is 0 Å². The molecule has 2 unspecified atom stereocenters. The molecule has 0 radical (unpaired) electrons. The molecule has 15 heavy (non-hydrogen) atoms. The van der Waals surface area contributed by atoms with E-state index in [1.54, 1.807) is 19.1 Å². The average Bonchev–Trinajstić information content (AvgIpc) is 2.19. The van der Waals surface area contributed by atoms with E-state index in [-0.39, 0.29) is 0 Å². The topological polar surface area (TPSA) is 55.5 Å². The van der Waals surface area contributed by atoms with Crippen molar-refractivity contribution in [2.45, 2.75) is 19.1 Å². The molecule has 0 heterocycles. The van der Waals surface area contributed by atoms with E-state index in [0.717, 1.165) is 0 Å². The van der Waals surface area contributed by atoms with Crippen LogP contribution in [0.3, 0.4) is 0 Å². The zero-order valence-electron chi connectivity index (χ0n) is 8.50. The fraction of sp³-hybridized carbons (Fsp3) is 0.400. The minimum Gasteiger partial charge on any atom is -0.495 e. The lowest BCUT2D eigenvalue weighted by Gasteiger charge is -2.17. The van der Waals surface area contributed by atoms with Gasteiger partial charge in [0.15, 0.2) is 0 Å². The number of benzene rings is 1. The Labute approximate surface area is 98.7 Å². The third kappa shape index (κ3) is 2.75. The number of halogens is 2. The number of hydrogen-bond acceptors (Lipinski definition) is 3. The lowest BCUT2D eigenvalue weighted by atomic mass is 10.0. The Kier molecular flexibility index (Phi) is 4.22. The van der Waals surface area contributed by atoms with Crippen LogP contribution in [0.5, 0.6) is 5.75 Å². The van der Waals surface area contributed by atoms with Crippen LogP contribution in [0.2, 0.25) is 10.0 Å². The highest BCUT2D eigenvalue weighted by Crippen LogP contribution is 2.34. The molecule has 1 aromatic carbocycles. The van der Waals surface area contributed by atoms with Crippen molar-refractivity contribution >= 4 is 23.2 Å². The Bertz CT molecular complexity index is 356. The minimum absolute atomic E-state index is 0.390. The Morgan fingerprint density at radius 3 is 2.40 bits per heavy atom. The van der Waals surface area contributed by atoms with E-state index in [9.17, 15) is 5.11 Å². The van der Waals surface area contributed by atoms with Crippen molar-refractivity contribution in [3.05, 3.63) is 27.7 Å². The van der Waals surface area contributed by atoms with Crippen molar-refractivity contribution in [2.75, 3.05) is 7.11 Å². The van der Waals surface area contributed by atoms with E-state index >= 15 is 0 Å². The summed E-state index contributed by atoms with van der Waals surface area (Å²) in [5.41, 5.74) is 6.09. The number of methoxy groups -OCH3 is 1. The maximum absolute atomic E-state index is 9.76. The summed E-state index contributed by atoms with van der Waals surface area (Å²) in [6.07, 6.45) is -0.832. The highest BCUT2D eigenvalue weighted by molar-refractivity contribution is 6.34. The second-order valence-corrected chi connectivity index (χ2v) is 4.13. The highest BCUT2D eigenvalue weighted by atomic mass is 35.5. The molecular formula is C10H13Cl2NO2. The van der Waals surface area contributed by atoms with Gasteiger partial charge in [0.2, 0.25) is 0 Å². The molecule has 84 valence electrons. The predicted molar refractivity (Wildman–Crippen MR) is 61.6 cm³/mol. The first-order chi connectivity index (χ1) is 6.97. The summed E-state index contributed by atoms with van der Waals surface area (Å²) in [6.45, 7) is 1.69. The van der Waals surface area contributed by atoms with Gasteiger partial charge in [-0.25, -0.2) is 0 Å². The van der Waals surface area contributed by atoms with Crippen LogP contribution in [-0.2, 0) is 0 Å². The molecule has 0 fully saturated rings. The fourth-order valence-corrected chi connectivity index (χ4v) is 1.72. The molecule has 5 heteroatoms. The molecule has 0 bridgehead atoms. The van der Waals surface area contributed by atoms with Gasteiger partial charge in [0.1, 0.15) is 5.75 Å². The van der Waals surface area contributed by atoms with Crippen LogP contribution in [0.15, 0.2) is 12.1 Å². The molecule has 0 saturated heterocycles. The lowest BCUT2D eigenvalue weighted by Crippen LogP contribution is -2.24. The van der Waals surface area contributed by atoms with Gasteiger partial charge in [-0.15, -0.1) is 0 Å². The molecule has 0 saturated carbocycles. The van der Waals surface area contributed by atoms with Gasteiger partial charge < -0.3 is 15.6 Å². The number of aliphatic hydroxyl groups excluding tert-OH is 1. The summed E-state index contributed by atoms with van der Waals surface area (Å²) in [4.78, 5) is 0. The predicted octanol–water partition coefficient (Wildman–Crippen LogP) is 2.38. The van der Waals surface area contributed by atoms with E-state index < -0.39 is 12.1 Å². The summed E-state index contributed by atoms with van der Waals surface area (Å²) < 4.78 is 4.99. The van der Waals surface area contributed by atoms with Crippen LogP contribution in [-0.4, -0.2) is 18.3 Å². The summed E-state index contributed by atoms with van der Waals surface area (Å²) in [7, 11) is 1.50. The fourth-order valence-electron chi connectivity index (χ4n) is 1.21. The van der Waals surface area contributed by atoms with Gasteiger partial charge in [-0.05, 0) is 13.0 Å². The smallest absolute Gasteiger partial charge is 0.138 e. The monoisotopic (exact) mass is 249 g/mol. The van der Waals surface area contributed by atoms with E-state index in [4.69, 9.17) is 33.7 Å². The molecule has 0 aromatic heterocycles. The van der Waals surface area contributed by atoms with Crippen LogP contribution in [0.25, 0.3) is 0 Å². The van der Waals surface area contributed by atoms with Gasteiger partial charge in [0.05, 0.1) is 23.3 Å². The van der Waals surface area contributed by atoms with Crippen LogP contribution in [0.4, 0.5) is 0 Å². The first-order valence-electron chi connectivity index (χ1n) is 4.44. The molecular weight excluding hydrogens is 237 g/mol. The molecule has 2 atom stereocenters. The van der Waals surface area contributed by atoms with Crippen molar-refractivity contribution in [1.29, 1.82) is 0 Å². The zero-order chi connectivity index (χ0) is 11.6. The van der Waals surface area contributed by atoms with E-state index in [1.807, 2.05) is 0 Å². The van der Waals surface area contributed by atoms with Crippen molar-refractivity contribution < 1.29 is 9.84 Å². The van der Waals surface area contributed by atoms with Crippen molar-refractivity contribution in [3.63, 3.8) is 0 Å². The second kappa shape index (κ2) is 5.03. The van der Waals surface area contributed by atoms with Crippen molar-refractivity contribution in [2.24, 2.45) is 5.73 Å². The Morgan fingerprint density at radius 2 is 1.93 bits per heavy atom. The van der Waals surface area contributed by atoms with Crippen LogP contribution < -0.4 is 10.5 Å². The molecule has 1 rings (SSSR count). The van der Waals surface area contributed by atoms with Crippen molar-refractivity contribution in [1.82, 2.24) is 0 Å². The van der Waals surface area contributed by atoms with E-state index in [0.29, 0.717) is 21.4 Å².